The SMILES string of the molecule is CNC(=O)n1ccc2cc(N(CCOC)c3ccnc(NC(=O)c4ccc(N5C[C@@H](C)N[C@@H](C)C5)cc4)c3)ccc21. The number of aromatic nitrogens is 2. The lowest BCUT2D eigenvalue weighted by molar-refractivity contribution is 0.102. The summed E-state index contributed by atoms with van der Waals surface area (Å²) in [6, 6.07) is 19.9. The number of methoxy groups -OCH3 is 1. The summed E-state index contributed by atoms with van der Waals surface area (Å²) in [5.41, 5.74) is 4.28. The number of hydrogen-bond donors (Lipinski definition) is 3. The highest BCUT2D eigenvalue weighted by molar-refractivity contribution is 6.04. The number of anilines is 4. The van der Waals surface area contributed by atoms with Gasteiger partial charge in [0.25, 0.3) is 5.91 Å². The van der Waals surface area contributed by atoms with Crippen molar-refractivity contribution in [1.29, 1.82) is 0 Å². The number of carbonyl (C=O) groups is 2. The second-order valence-electron chi connectivity index (χ2n) is 10.4. The van der Waals surface area contributed by atoms with Gasteiger partial charge in [-0.25, -0.2) is 9.78 Å². The maximum absolute atomic E-state index is 13.1. The van der Waals surface area contributed by atoms with E-state index in [0.717, 1.165) is 41.1 Å². The lowest BCUT2D eigenvalue weighted by Crippen LogP contribution is -2.54. The first kappa shape index (κ1) is 28.1. The molecule has 3 heterocycles. The van der Waals surface area contributed by atoms with Gasteiger partial charge in [-0.1, -0.05) is 0 Å². The summed E-state index contributed by atoms with van der Waals surface area (Å²) in [6.45, 7) is 7.31. The van der Waals surface area contributed by atoms with Crippen LogP contribution in [0.3, 0.4) is 0 Å². The number of piperazine rings is 1. The topological polar surface area (TPSA) is 104 Å². The zero-order chi connectivity index (χ0) is 28.9. The molecule has 0 bridgehead atoms. The van der Waals surface area contributed by atoms with Gasteiger partial charge >= 0.3 is 6.03 Å². The molecule has 214 valence electrons. The Morgan fingerprint density at radius 3 is 2.46 bits per heavy atom. The number of ether oxygens (including phenoxy) is 1. The zero-order valence-corrected chi connectivity index (χ0v) is 23.9. The third kappa shape index (κ3) is 6.34. The van der Waals surface area contributed by atoms with E-state index in [1.54, 1.807) is 31.1 Å². The predicted octanol–water partition coefficient (Wildman–Crippen LogP) is 4.45. The summed E-state index contributed by atoms with van der Waals surface area (Å²) < 4.78 is 6.96. The first-order chi connectivity index (χ1) is 19.9. The van der Waals surface area contributed by atoms with E-state index in [0.29, 0.717) is 36.6 Å². The molecule has 3 N–H and O–H groups in total. The van der Waals surface area contributed by atoms with E-state index >= 15 is 0 Å². The highest BCUT2D eigenvalue weighted by Crippen LogP contribution is 2.30. The van der Waals surface area contributed by atoms with Gasteiger partial charge in [0.05, 0.1) is 12.1 Å². The molecule has 0 saturated carbocycles. The largest absolute Gasteiger partial charge is 0.383 e. The lowest BCUT2D eigenvalue weighted by atomic mass is 10.1. The fourth-order valence-corrected chi connectivity index (χ4v) is 5.39. The van der Waals surface area contributed by atoms with Gasteiger partial charge in [0.2, 0.25) is 0 Å². The van der Waals surface area contributed by atoms with Crippen molar-refractivity contribution >= 4 is 45.7 Å². The molecule has 0 radical (unpaired) electrons. The Kier molecular flexibility index (Phi) is 8.51. The Hall–Kier alpha value is -4.41. The molecule has 10 heteroatoms. The van der Waals surface area contributed by atoms with E-state index in [-0.39, 0.29) is 11.9 Å². The predicted molar refractivity (Wildman–Crippen MR) is 164 cm³/mol. The van der Waals surface area contributed by atoms with Crippen LogP contribution in [0.1, 0.15) is 24.2 Å². The number of rotatable bonds is 8. The quantitative estimate of drug-likeness (QED) is 0.295. The average Bonchev–Trinajstić information content (AvgIpc) is 3.40. The Morgan fingerprint density at radius 1 is 1.02 bits per heavy atom. The lowest BCUT2D eigenvalue weighted by Gasteiger charge is -2.37. The third-order valence-corrected chi connectivity index (χ3v) is 7.29. The Balaban J connectivity index is 1.34. The first-order valence-corrected chi connectivity index (χ1v) is 13.8. The van der Waals surface area contributed by atoms with Crippen molar-refractivity contribution in [1.82, 2.24) is 20.2 Å². The van der Waals surface area contributed by atoms with Gasteiger partial charge in [-0.2, -0.15) is 0 Å². The summed E-state index contributed by atoms with van der Waals surface area (Å²) in [4.78, 5) is 34.1. The monoisotopic (exact) mass is 555 g/mol. The van der Waals surface area contributed by atoms with E-state index in [1.807, 2.05) is 60.7 Å². The van der Waals surface area contributed by atoms with E-state index in [9.17, 15) is 9.59 Å². The standard InChI is InChI=1S/C31H37N7O3/c1-21-19-36(20-22(2)34-21)25-7-5-23(6-8-25)30(39)35-29-18-27(11-13-33-29)37(15-16-41-4)26-9-10-28-24(17-26)12-14-38(28)31(40)32-3/h5-14,17-18,21-22,34H,15-16,19-20H2,1-4H3,(H,32,40)(H,33,35,39)/t21-,22+. The van der Waals surface area contributed by atoms with Crippen LogP contribution in [-0.2, 0) is 4.74 Å². The minimum atomic E-state index is -0.219. The maximum Gasteiger partial charge on any atom is 0.325 e. The van der Waals surface area contributed by atoms with Gasteiger partial charge < -0.3 is 30.5 Å². The molecule has 10 nitrogen and oxygen atoms in total. The van der Waals surface area contributed by atoms with Crippen molar-refractivity contribution in [3.05, 3.63) is 78.6 Å². The normalized spacial score (nSPS) is 16.9. The molecule has 0 aliphatic carbocycles. The summed E-state index contributed by atoms with van der Waals surface area (Å²) >= 11 is 0. The number of pyridine rings is 1. The van der Waals surface area contributed by atoms with Gasteiger partial charge in [0, 0.05) is 92.3 Å². The summed E-state index contributed by atoms with van der Waals surface area (Å²) in [6.07, 6.45) is 3.44. The van der Waals surface area contributed by atoms with Crippen molar-refractivity contribution in [2.24, 2.45) is 0 Å². The molecule has 0 spiro atoms. The number of benzene rings is 2. The Bertz CT molecular complexity index is 1510. The van der Waals surface area contributed by atoms with Gasteiger partial charge in [0.1, 0.15) is 5.82 Å². The molecule has 1 aliphatic rings. The van der Waals surface area contributed by atoms with Crippen LogP contribution in [0.15, 0.2) is 73.1 Å². The molecule has 1 saturated heterocycles. The molecule has 2 atom stereocenters. The van der Waals surface area contributed by atoms with Crippen molar-refractivity contribution in [2.45, 2.75) is 25.9 Å². The summed E-state index contributed by atoms with van der Waals surface area (Å²) in [7, 11) is 3.27. The van der Waals surface area contributed by atoms with Crippen molar-refractivity contribution in [3.63, 3.8) is 0 Å². The minimum Gasteiger partial charge on any atom is -0.383 e. The number of fused-ring (bicyclic) bond motifs is 1. The van der Waals surface area contributed by atoms with Crippen molar-refractivity contribution in [3.8, 4) is 0 Å². The fourth-order valence-electron chi connectivity index (χ4n) is 5.39. The zero-order valence-electron chi connectivity index (χ0n) is 23.9. The van der Waals surface area contributed by atoms with Crippen LogP contribution in [0.25, 0.3) is 10.9 Å². The van der Waals surface area contributed by atoms with Crippen LogP contribution < -0.4 is 25.8 Å². The highest BCUT2D eigenvalue weighted by atomic mass is 16.5. The molecule has 2 aromatic carbocycles. The number of amides is 2. The Morgan fingerprint density at radius 2 is 1.76 bits per heavy atom. The van der Waals surface area contributed by atoms with Crippen LogP contribution in [0.4, 0.5) is 27.7 Å². The fraction of sp³-hybridized carbons (Fsp3) is 0.323. The van der Waals surface area contributed by atoms with Gasteiger partial charge in [-0.3, -0.25) is 9.36 Å². The van der Waals surface area contributed by atoms with Crippen LogP contribution in [-0.4, -0.2) is 74.0 Å². The van der Waals surface area contributed by atoms with E-state index in [4.69, 9.17) is 4.74 Å². The Labute approximate surface area is 240 Å². The molecule has 1 aliphatic heterocycles. The first-order valence-electron chi connectivity index (χ1n) is 13.8. The van der Waals surface area contributed by atoms with Crippen molar-refractivity contribution in [2.75, 3.05) is 55.5 Å². The molecular formula is C31H37N7O3. The van der Waals surface area contributed by atoms with Crippen LogP contribution >= 0.6 is 0 Å². The summed E-state index contributed by atoms with van der Waals surface area (Å²) in [5.74, 6) is 0.235. The van der Waals surface area contributed by atoms with Gasteiger partial charge in [-0.15, -0.1) is 0 Å². The number of nitrogens with one attached hydrogen (secondary N) is 3. The molecule has 0 unspecified atom stereocenters. The van der Waals surface area contributed by atoms with Crippen LogP contribution in [0.5, 0.6) is 0 Å². The average molecular weight is 556 g/mol. The van der Waals surface area contributed by atoms with Crippen molar-refractivity contribution < 1.29 is 14.3 Å². The molecule has 41 heavy (non-hydrogen) atoms. The highest BCUT2D eigenvalue weighted by Gasteiger charge is 2.21. The smallest absolute Gasteiger partial charge is 0.325 e. The number of nitrogens with zero attached hydrogens (tertiary/aromatic N) is 4. The second kappa shape index (κ2) is 12.4. The molecule has 5 rings (SSSR count). The minimum absolute atomic E-state index is 0.193. The number of carbonyl (C=O) groups excluding carboxylic acids is 2. The molecule has 2 amide bonds. The molecule has 1 fully saturated rings. The molecule has 2 aromatic heterocycles. The van der Waals surface area contributed by atoms with E-state index < -0.39 is 0 Å². The van der Waals surface area contributed by atoms with Crippen LogP contribution in [0, 0.1) is 0 Å². The van der Waals surface area contributed by atoms with Gasteiger partial charge in [0.15, 0.2) is 0 Å². The third-order valence-electron chi connectivity index (χ3n) is 7.29. The van der Waals surface area contributed by atoms with E-state index in [1.165, 1.54) is 0 Å². The summed E-state index contributed by atoms with van der Waals surface area (Å²) in [5, 5.41) is 10.1. The van der Waals surface area contributed by atoms with Gasteiger partial charge in [-0.05, 0) is 68.4 Å². The maximum atomic E-state index is 13.1. The molecule has 4 aromatic rings. The van der Waals surface area contributed by atoms with Crippen LogP contribution in [0.2, 0.25) is 0 Å². The number of hydrogen-bond acceptors (Lipinski definition) is 7. The van der Waals surface area contributed by atoms with E-state index in [2.05, 4.69) is 44.6 Å². The second-order valence-corrected chi connectivity index (χ2v) is 10.4. The molecular weight excluding hydrogens is 518 g/mol.